The molecular formula is C41H63N3O7S. The van der Waals surface area contributed by atoms with Gasteiger partial charge in [0.25, 0.3) is 0 Å². The van der Waals surface area contributed by atoms with E-state index in [2.05, 4.69) is 42.7 Å². The molecule has 0 bridgehead atoms. The van der Waals surface area contributed by atoms with Gasteiger partial charge in [-0.1, -0.05) is 44.9 Å². The fourth-order valence-electron chi connectivity index (χ4n) is 10.8. The number of unbranched alkanes of at least 4 members (excludes halogenated alkanes) is 1. The van der Waals surface area contributed by atoms with Crippen molar-refractivity contribution in [2.24, 2.45) is 35.5 Å². The number of allylic oxidation sites excluding steroid dienone is 3. The maximum atomic E-state index is 13.3. The van der Waals surface area contributed by atoms with E-state index in [4.69, 9.17) is 14.2 Å². The topological polar surface area (TPSA) is 126 Å². The normalized spacial score (nSPS) is 43.1. The van der Waals surface area contributed by atoms with Crippen molar-refractivity contribution < 1.29 is 33.7 Å². The van der Waals surface area contributed by atoms with E-state index in [0.717, 1.165) is 62.7 Å². The summed E-state index contributed by atoms with van der Waals surface area (Å²) in [6.45, 7) is 6.23. The van der Waals surface area contributed by atoms with E-state index >= 15 is 0 Å². The summed E-state index contributed by atoms with van der Waals surface area (Å²) >= 11 is 1.92. The predicted molar refractivity (Wildman–Crippen MR) is 201 cm³/mol. The summed E-state index contributed by atoms with van der Waals surface area (Å²) in [4.78, 5) is 40.2. The standard InChI is InChI=1S/C41H63N3O7S/c1-5-26-11-9-13-34(23(2)40(47)31-20-29-27-12-8-10-25(27)16-17-28(29)30(31)21-37(46)50-26)51-38-19-18-33(24(3)49-38)44(4)36(45)15-7-6-14-35-39-32(22-52-35)42-41(48)43-39/h16-17,20,23-30,32-35,38-40,47H,5-15,18-19,21-22H2,1-4H3,(H2,42,43,48)/t23?,24?,25-,26?,27?,28+,29-,30?,32?,33?,34-,35?,38?,39-,40-/m0/s1. The lowest BCUT2D eigenvalue weighted by molar-refractivity contribution is -0.236. The van der Waals surface area contributed by atoms with Crippen LogP contribution < -0.4 is 10.6 Å². The average Bonchev–Trinajstić information content (AvgIpc) is 3.91. The Labute approximate surface area is 315 Å². The number of aliphatic hydroxyl groups excluding tert-OH is 1. The molecule has 4 heterocycles. The minimum absolute atomic E-state index is 0.0159. The summed E-state index contributed by atoms with van der Waals surface area (Å²) in [7, 11) is 1.90. The van der Waals surface area contributed by atoms with Gasteiger partial charge in [-0.3, -0.25) is 9.59 Å². The first-order valence-electron chi connectivity index (χ1n) is 20.6. The highest BCUT2D eigenvalue weighted by molar-refractivity contribution is 8.00. The summed E-state index contributed by atoms with van der Waals surface area (Å²) in [6, 6.07) is 0.359. The van der Waals surface area contributed by atoms with Crippen LogP contribution in [0.5, 0.6) is 0 Å². The molecule has 0 spiro atoms. The van der Waals surface area contributed by atoms with Crippen molar-refractivity contribution in [2.75, 3.05) is 12.8 Å². The zero-order valence-electron chi connectivity index (χ0n) is 31.8. The number of carbonyl (C=O) groups excluding carboxylic acids is 3. The third kappa shape index (κ3) is 8.13. The SMILES string of the molecule is CCC1CCC[C@H](OC2CCC(N(C)C(=O)CCCCC3SCC4NC(=O)N[C@@H]43)C(C)O2)C(C)[C@H](O)C2=C[C@H]3C4CCC[C@H]4C=C[C@H]3C2CC(=O)O1. The number of cyclic esters (lactones) is 1. The summed E-state index contributed by atoms with van der Waals surface area (Å²) < 4.78 is 19.4. The first-order chi connectivity index (χ1) is 25.1. The smallest absolute Gasteiger partial charge is 0.315 e. The lowest BCUT2D eigenvalue weighted by atomic mass is 9.70. The Morgan fingerprint density at radius 1 is 1.04 bits per heavy atom. The summed E-state index contributed by atoms with van der Waals surface area (Å²) in [6.07, 6.45) is 17.4. The lowest BCUT2D eigenvalue weighted by Gasteiger charge is -2.41. The average molecular weight is 742 g/mol. The molecule has 7 rings (SSSR count). The highest BCUT2D eigenvalue weighted by atomic mass is 32.2. The van der Waals surface area contributed by atoms with Crippen molar-refractivity contribution >= 4 is 29.7 Å². The zero-order chi connectivity index (χ0) is 36.5. The number of amides is 3. The van der Waals surface area contributed by atoms with Gasteiger partial charge in [0.2, 0.25) is 5.91 Å². The van der Waals surface area contributed by atoms with E-state index in [1.165, 1.54) is 19.3 Å². The number of likely N-dealkylation sites (N-methyl/N-ethyl adjacent to an activating group) is 1. The number of fused-ring (bicyclic) bond motifs is 6. The number of ether oxygens (including phenoxy) is 3. The van der Waals surface area contributed by atoms with Gasteiger partial charge in [0.15, 0.2) is 6.29 Å². The number of aliphatic hydroxyl groups is 1. The quantitative estimate of drug-likeness (QED) is 0.112. The number of nitrogens with one attached hydrogen (secondary N) is 2. The van der Waals surface area contributed by atoms with Crippen molar-refractivity contribution in [3.05, 3.63) is 23.8 Å². The predicted octanol–water partition coefficient (Wildman–Crippen LogP) is 6.12. The van der Waals surface area contributed by atoms with Gasteiger partial charge in [0.05, 0.1) is 42.9 Å². The van der Waals surface area contributed by atoms with E-state index in [0.29, 0.717) is 42.3 Å². The van der Waals surface area contributed by atoms with Crippen LogP contribution >= 0.6 is 11.8 Å². The third-order valence-electron chi connectivity index (χ3n) is 13.9. The van der Waals surface area contributed by atoms with Crippen LogP contribution in [0, 0.1) is 35.5 Å². The largest absolute Gasteiger partial charge is 0.462 e. The van der Waals surface area contributed by atoms with Gasteiger partial charge in [-0.05, 0) is 99.9 Å². The maximum Gasteiger partial charge on any atom is 0.315 e. The molecule has 7 aliphatic rings. The molecule has 290 valence electrons. The van der Waals surface area contributed by atoms with Crippen LogP contribution in [0.15, 0.2) is 23.8 Å². The molecule has 9 unspecified atom stereocenters. The van der Waals surface area contributed by atoms with Gasteiger partial charge >= 0.3 is 12.0 Å². The van der Waals surface area contributed by atoms with Crippen molar-refractivity contribution in [2.45, 2.75) is 165 Å². The number of hydrogen-bond donors (Lipinski definition) is 3. The van der Waals surface area contributed by atoms with Crippen molar-refractivity contribution in [3.63, 3.8) is 0 Å². The fraction of sp³-hybridized carbons (Fsp3) is 0.829. The van der Waals surface area contributed by atoms with Crippen LogP contribution in [-0.4, -0.2) is 94.8 Å². The molecule has 0 aromatic rings. The van der Waals surface area contributed by atoms with Crippen molar-refractivity contribution in [1.82, 2.24) is 15.5 Å². The van der Waals surface area contributed by atoms with E-state index < -0.39 is 12.4 Å². The molecule has 4 saturated heterocycles. The Kier molecular flexibility index (Phi) is 12.3. The van der Waals surface area contributed by atoms with Crippen LogP contribution in [0.2, 0.25) is 0 Å². The van der Waals surface area contributed by atoms with E-state index in [9.17, 15) is 19.5 Å². The number of urea groups is 1. The Balaban J connectivity index is 0.946. The summed E-state index contributed by atoms with van der Waals surface area (Å²) in [5.74, 6) is 2.55. The first kappa shape index (κ1) is 38.2. The second-order valence-electron chi connectivity index (χ2n) is 17.0. The van der Waals surface area contributed by atoms with Crippen LogP contribution in [0.3, 0.4) is 0 Å². The Morgan fingerprint density at radius 2 is 1.87 bits per heavy atom. The van der Waals surface area contributed by atoms with Crippen molar-refractivity contribution in [3.8, 4) is 0 Å². The van der Waals surface area contributed by atoms with Gasteiger partial charge < -0.3 is 34.9 Å². The molecule has 3 aliphatic carbocycles. The molecule has 10 nitrogen and oxygen atoms in total. The number of rotatable bonds is 9. The molecule has 52 heavy (non-hydrogen) atoms. The number of thioether (sulfide) groups is 1. The van der Waals surface area contributed by atoms with Gasteiger partial charge in [-0.2, -0.15) is 11.8 Å². The van der Waals surface area contributed by atoms with Gasteiger partial charge in [0, 0.05) is 36.8 Å². The first-order valence-corrected chi connectivity index (χ1v) is 21.7. The summed E-state index contributed by atoms with van der Waals surface area (Å²) in [5, 5.41) is 18.6. The van der Waals surface area contributed by atoms with Gasteiger partial charge in [-0.25, -0.2) is 4.79 Å². The minimum atomic E-state index is -0.706. The molecule has 0 aromatic carbocycles. The molecular weight excluding hydrogens is 679 g/mol. The molecule has 11 heteroatoms. The maximum absolute atomic E-state index is 13.3. The second kappa shape index (κ2) is 16.7. The molecule has 3 amide bonds. The minimum Gasteiger partial charge on any atom is -0.462 e. The van der Waals surface area contributed by atoms with Crippen LogP contribution in [0.1, 0.15) is 111 Å². The monoisotopic (exact) mass is 741 g/mol. The van der Waals surface area contributed by atoms with E-state index in [-0.39, 0.29) is 72.1 Å². The Morgan fingerprint density at radius 3 is 2.67 bits per heavy atom. The Bertz CT molecular complexity index is 1360. The van der Waals surface area contributed by atoms with Crippen LogP contribution in [0.25, 0.3) is 0 Å². The molecule has 0 aromatic heterocycles. The molecule has 3 N–H and O–H groups in total. The fourth-order valence-corrected chi connectivity index (χ4v) is 12.4. The third-order valence-corrected chi connectivity index (χ3v) is 15.4. The number of esters is 1. The van der Waals surface area contributed by atoms with Gasteiger partial charge in [-0.15, -0.1) is 0 Å². The molecule has 1 saturated carbocycles. The highest BCUT2D eigenvalue weighted by Crippen LogP contribution is 2.54. The molecule has 4 aliphatic heterocycles. The van der Waals surface area contributed by atoms with Crippen molar-refractivity contribution in [1.29, 1.82) is 0 Å². The number of carbonyl (C=O) groups is 3. The second-order valence-corrected chi connectivity index (χ2v) is 18.3. The highest BCUT2D eigenvalue weighted by Gasteiger charge is 2.49. The lowest BCUT2D eigenvalue weighted by Crippen LogP contribution is -2.50. The number of nitrogens with zero attached hydrogens (tertiary/aromatic N) is 1. The Hall–Kier alpha value is -2.08. The molecule has 5 fully saturated rings. The van der Waals surface area contributed by atoms with Gasteiger partial charge in [0.1, 0.15) is 6.10 Å². The molecule has 15 atom stereocenters. The van der Waals surface area contributed by atoms with E-state index in [1.807, 2.05) is 30.6 Å². The molecule has 0 radical (unpaired) electrons. The van der Waals surface area contributed by atoms with Crippen LogP contribution in [-0.2, 0) is 23.8 Å². The summed E-state index contributed by atoms with van der Waals surface area (Å²) in [5.41, 5.74) is 1.01. The number of hydrogen-bond acceptors (Lipinski definition) is 8. The van der Waals surface area contributed by atoms with E-state index in [1.54, 1.807) is 0 Å². The van der Waals surface area contributed by atoms with Crippen LogP contribution in [0.4, 0.5) is 4.79 Å². The zero-order valence-corrected chi connectivity index (χ0v) is 32.6.